The van der Waals surface area contributed by atoms with Crippen molar-refractivity contribution in [3.63, 3.8) is 0 Å². The maximum absolute atomic E-state index is 11.6. The fourth-order valence-electron chi connectivity index (χ4n) is 1.41. The molecular weight excluding hydrogens is 267 g/mol. The predicted molar refractivity (Wildman–Crippen MR) is 64.2 cm³/mol. The average molecular weight is 280 g/mol. The number of carbonyl (C=O) groups excluding carboxylic acids is 1. The van der Waals surface area contributed by atoms with Crippen LogP contribution in [-0.4, -0.2) is 17.6 Å². The van der Waals surface area contributed by atoms with Crippen molar-refractivity contribution >= 4 is 5.91 Å². The van der Waals surface area contributed by atoms with Crippen molar-refractivity contribution in [2.75, 3.05) is 6.54 Å². The summed E-state index contributed by atoms with van der Waals surface area (Å²) in [5, 5.41) is 6.43. The summed E-state index contributed by atoms with van der Waals surface area (Å²) in [6.45, 7) is 4.18. The Bertz CT molecular complexity index is 497. The van der Waals surface area contributed by atoms with E-state index in [-0.39, 0.29) is 30.2 Å². The average Bonchev–Trinajstić information content (AvgIpc) is 2.86. The van der Waals surface area contributed by atoms with E-state index in [0.29, 0.717) is 18.7 Å². The minimum absolute atomic E-state index is 0. The van der Waals surface area contributed by atoms with Gasteiger partial charge in [0, 0.05) is 30.2 Å². The third-order valence-electron chi connectivity index (χ3n) is 2.26. The van der Waals surface area contributed by atoms with Crippen LogP contribution in [0.3, 0.4) is 0 Å². The second kappa shape index (κ2) is 7.04. The Kier molecular flexibility index (Phi) is 5.69. The van der Waals surface area contributed by atoms with Crippen LogP contribution in [0.2, 0.25) is 0 Å². The van der Waals surface area contributed by atoms with E-state index < -0.39 is 0 Å². The minimum Gasteiger partial charge on any atom is -0.355 e. The van der Waals surface area contributed by atoms with Gasteiger partial charge in [-0.1, -0.05) is 35.5 Å². The number of nitrogens with one attached hydrogen (secondary N) is 1. The van der Waals surface area contributed by atoms with Gasteiger partial charge in [-0.25, -0.2) is 0 Å². The molecule has 0 spiro atoms. The molecule has 1 radical (unpaired) electrons. The number of rotatable bonds is 4. The van der Waals surface area contributed by atoms with Crippen LogP contribution in [0.4, 0.5) is 0 Å². The number of amides is 1. The molecule has 1 aromatic heterocycles. The van der Waals surface area contributed by atoms with Gasteiger partial charge in [0.05, 0.1) is 0 Å². The second-order valence-corrected chi connectivity index (χ2v) is 3.55. The van der Waals surface area contributed by atoms with E-state index >= 15 is 0 Å². The van der Waals surface area contributed by atoms with Crippen LogP contribution < -0.4 is 5.32 Å². The minimum atomic E-state index is -0.236. The molecule has 0 fully saturated rings. The summed E-state index contributed by atoms with van der Waals surface area (Å²) in [4.78, 5) is 11.6. The molecule has 0 saturated carbocycles. The molecule has 0 aliphatic rings. The zero-order valence-corrected chi connectivity index (χ0v) is 11.2. The Hall–Kier alpha value is -1.52. The number of hydrogen-bond donors (Lipinski definition) is 1. The first-order valence-corrected chi connectivity index (χ1v) is 5.41. The van der Waals surface area contributed by atoms with Crippen LogP contribution >= 0.6 is 0 Å². The smallest absolute Gasteiger partial charge is 0.273 e. The van der Waals surface area contributed by atoms with Crippen molar-refractivity contribution in [2.45, 2.75) is 6.42 Å². The molecule has 1 N–H and O–H groups in total. The summed E-state index contributed by atoms with van der Waals surface area (Å²) in [6.07, 6.45) is 0.648. The zero-order valence-electron chi connectivity index (χ0n) is 9.80. The van der Waals surface area contributed by atoms with E-state index in [9.17, 15) is 4.79 Å². The molecule has 0 unspecified atom stereocenters. The summed E-state index contributed by atoms with van der Waals surface area (Å²) >= 11 is 0. The van der Waals surface area contributed by atoms with Crippen LogP contribution in [-0.2, 0) is 18.6 Å². The third-order valence-corrected chi connectivity index (χ3v) is 2.26. The van der Waals surface area contributed by atoms with Gasteiger partial charge in [0.15, 0.2) is 11.5 Å². The Morgan fingerprint density at radius 3 is 2.72 bits per heavy atom. The van der Waals surface area contributed by atoms with Gasteiger partial charge in [-0.05, 0) is 6.54 Å². The van der Waals surface area contributed by atoms with Gasteiger partial charge in [-0.2, -0.15) is 6.42 Å². The van der Waals surface area contributed by atoms with Crippen LogP contribution in [0.15, 0.2) is 40.9 Å². The first-order valence-electron chi connectivity index (χ1n) is 5.41. The van der Waals surface area contributed by atoms with Crippen molar-refractivity contribution in [2.24, 2.45) is 0 Å². The van der Waals surface area contributed by atoms with Gasteiger partial charge < -0.3 is 16.8 Å². The number of nitrogens with zero attached hydrogens (tertiary/aromatic N) is 1. The molecule has 1 amide bonds. The first-order chi connectivity index (χ1) is 8.31. The van der Waals surface area contributed by atoms with Gasteiger partial charge in [-0.15, -0.1) is 0 Å². The van der Waals surface area contributed by atoms with Gasteiger partial charge in [-0.3, -0.25) is 4.79 Å². The molecule has 1 heterocycles. The molecule has 0 aliphatic carbocycles. The summed E-state index contributed by atoms with van der Waals surface area (Å²) in [5.41, 5.74) is 1.19. The summed E-state index contributed by atoms with van der Waals surface area (Å²) in [7, 11) is 0. The Morgan fingerprint density at radius 2 is 2.06 bits per heavy atom. The first kappa shape index (κ1) is 14.5. The van der Waals surface area contributed by atoms with Gasteiger partial charge in [0.1, 0.15) is 0 Å². The van der Waals surface area contributed by atoms with E-state index in [1.54, 1.807) is 6.07 Å². The molecule has 1 aromatic carbocycles. The fourth-order valence-corrected chi connectivity index (χ4v) is 1.41. The largest absolute Gasteiger partial charge is 0.355 e. The number of carbonyl (C=O) groups is 1. The normalized spacial score (nSPS) is 9.61. The Labute approximate surface area is 118 Å². The molecule has 0 saturated heterocycles. The van der Waals surface area contributed by atoms with E-state index in [4.69, 9.17) is 4.52 Å². The number of aromatic nitrogens is 1. The van der Waals surface area contributed by atoms with Crippen LogP contribution in [0.5, 0.6) is 0 Å². The molecule has 93 valence electrons. The monoisotopic (exact) mass is 280 g/mol. The predicted octanol–water partition coefficient (Wildman–Crippen LogP) is 2.29. The molecule has 5 heteroatoms. The molecule has 0 atom stereocenters. The quantitative estimate of drug-likeness (QED) is 0.874. The maximum atomic E-state index is 11.6. The van der Waals surface area contributed by atoms with Gasteiger partial charge in [0.25, 0.3) is 5.91 Å². The molecule has 0 aliphatic heterocycles. The van der Waals surface area contributed by atoms with Crippen LogP contribution in [0, 0.1) is 6.92 Å². The molecule has 18 heavy (non-hydrogen) atoms. The van der Waals surface area contributed by atoms with Crippen LogP contribution in [0.25, 0.3) is 11.3 Å². The molecule has 2 aromatic rings. The second-order valence-electron chi connectivity index (χ2n) is 3.55. The van der Waals surface area contributed by atoms with Gasteiger partial charge >= 0.3 is 0 Å². The van der Waals surface area contributed by atoms with E-state index in [1.807, 2.05) is 30.3 Å². The number of benzene rings is 1. The van der Waals surface area contributed by atoms with E-state index in [0.717, 1.165) is 5.56 Å². The summed E-state index contributed by atoms with van der Waals surface area (Å²) in [5.74, 6) is 0.352. The molecule has 4 nitrogen and oxygen atoms in total. The molecular formula is C13H13N2O2V-. The zero-order chi connectivity index (χ0) is 12.1. The maximum Gasteiger partial charge on any atom is 0.273 e. The van der Waals surface area contributed by atoms with E-state index in [1.165, 1.54) is 0 Å². The fraction of sp³-hybridized carbons (Fsp3) is 0.154. The van der Waals surface area contributed by atoms with Crippen molar-refractivity contribution < 1.29 is 27.9 Å². The standard InChI is InChI=1S/C13H13N2O2.V/c1-2-8-14-13(16)11-9-12(17-15-11)10-6-4-3-5-7-10;/h3-7,9H,1-2,8H2,(H,14,16);/q-1;. The summed E-state index contributed by atoms with van der Waals surface area (Å²) < 4.78 is 5.13. The van der Waals surface area contributed by atoms with E-state index in [2.05, 4.69) is 17.4 Å². The van der Waals surface area contributed by atoms with Crippen molar-refractivity contribution in [3.05, 3.63) is 49.0 Å². The van der Waals surface area contributed by atoms with Gasteiger partial charge in [0.2, 0.25) is 0 Å². The molecule has 2 rings (SSSR count). The van der Waals surface area contributed by atoms with Crippen molar-refractivity contribution in [1.29, 1.82) is 0 Å². The Balaban J connectivity index is 0.00000162. The Morgan fingerprint density at radius 1 is 1.33 bits per heavy atom. The third kappa shape index (κ3) is 3.49. The summed E-state index contributed by atoms with van der Waals surface area (Å²) in [6, 6.07) is 11.2. The van der Waals surface area contributed by atoms with Crippen LogP contribution in [0.1, 0.15) is 16.9 Å². The SMILES string of the molecule is [CH2-]CCNC(=O)c1cc(-c2ccccc2)on1.[V]. The van der Waals surface area contributed by atoms with Crippen molar-refractivity contribution in [1.82, 2.24) is 10.5 Å². The molecule has 0 bridgehead atoms. The topological polar surface area (TPSA) is 55.1 Å². The number of hydrogen-bond acceptors (Lipinski definition) is 3. The van der Waals surface area contributed by atoms with Crippen molar-refractivity contribution in [3.8, 4) is 11.3 Å².